The van der Waals surface area contributed by atoms with E-state index in [-0.39, 0.29) is 5.69 Å². The summed E-state index contributed by atoms with van der Waals surface area (Å²) in [6, 6.07) is 0. The van der Waals surface area contributed by atoms with Crippen molar-refractivity contribution in [2.75, 3.05) is 0 Å². The largest absolute Gasteiger partial charge is 0.274 e. The third-order valence-electron chi connectivity index (χ3n) is 0.956. The van der Waals surface area contributed by atoms with Gasteiger partial charge in [-0.1, -0.05) is 0 Å². The van der Waals surface area contributed by atoms with Crippen LogP contribution in [-0.4, -0.2) is 15.2 Å². The first-order valence-corrected chi connectivity index (χ1v) is 3.06. The topological polar surface area (TPSA) is 42.9 Å². The molecule has 0 saturated carbocycles. The van der Waals surface area contributed by atoms with Gasteiger partial charge in [0.05, 0.1) is 11.9 Å². The molecule has 1 rings (SSSR count). The summed E-state index contributed by atoms with van der Waals surface area (Å²) in [5.74, 6) is 0. The maximum atomic E-state index is 10.5. The first kappa shape index (κ1) is 7.15. The van der Waals surface area contributed by atoms with Crippen molar-refractivity contribution in [2.45, 2.75) is 6.92 Å². The van der Waals surface area contributed by atoms with Crippen molar-refractivity contribution in [1.82, 2.24) is 9.97 Å². The van der Waals surface area contributed by atoms with Crippen molar-refractivity contribution in [3.63, 3.8) is 0 Å². The molecule has 0 aromatic carbocycles. The monoisotopic (exact) mass is 156 g/mol. The number of hydrogen-bond acceptors (Lipinski definition) is 3. The van der Waals surface area contributed by atoms with Crippen molar-refractivity contribution >= 4 is 16.8 Å². The van der Waals surface area contributed by atoms with Gasteiger partial charge < -0.3 is 0 Å². The van der Waals surface area contributed by atoms with Gasteiger partial charge in [0.1, 0.15) is 5.69 Å². The summed E-state index contributed by atoms with van der Waals surface area (Å²) in [6.07, 6.45) is 2.89. The van der Waals surface area contributed by atoms with E-state index in [1.807, 2.05) is 0 Å². The molecule has 0 unspecified atom stereocenters. The lowest BCUT2D eigenvalue weighted by Gasteiger charge is -1.91. The van der Waals surface area contributed by atoms with Crippen molar-refractivity contribution in [1.29, 1.82) is 0 Å². The minimum atomic E-state index is -0.573. The summed E-state index contributed by atoms with van der Waals surface area (Å²) in [4.78, 5) is 18.0. The van der Waals surface area contributed by atoms with Gasteiger partial charge in [-0.3, -0.25) is 9.78 Å². The highest BCUT2D eigenvalue weighted by Crippen LogP contribution is 1.98. The second-order valence-corrected chi connectivity index (χ2v) is 2.16. The Kier molecular flexibility index (Phi) is 1.97. The Labute approximate surface area is 63.1 Å². The zero-order chi connectivity index (χ0) is 7.56. The average Bonchev–Trinajstić information content (AvgIpc) is 1.88. The van der Waals surface area contributed by atoms with Crippen LogP contribution >= 0.6 is 11.6 Å². The Balaban J connectivity index is 3.07. The minimum Gasteiger partial charge on any atom is -0.274 e. The Morgan fingerprint density at radius 1 is 1.60 bits per heavy atom. The second kappa shape index (κ2) is 2.75. The first-order chi connectivity index (χ1) is 4.70. The fraction of sp³-hybridized carbons (Fsp3) is 0.167. The van der Waals surface area contributed by atoms with Crippen molar-refractivity contribution in [3.05, 3.63) is 23.8 Å². The number of hydrogen-bond donors (Lipinski definition) is 0. The van der Waals surface area contributed by atoms with E-state index in [9.17, 15) is 4.79 Å². The van der Waals surface area contributed by atoms with Gasteiger partial charge in [0.2, 0.25) is 0 Å². The van der Waals surface area contributed by atoms with Crippen LogP contribution in [0.3, 0.4) is 0 Å². The zero-order valence-electron chi connectivity index (χ0n) is 5.34. The molecule has 0 aliphatic heterocycles. The van der Waals surface area contributed by atoms with Gasteiger partial charge >= 0.3 is 0 Å². The Bertz CT molecular complexity index is 262. The number of rotatable bonds is 1. The lowest BCUT2D eigenvalue weighted by molar-refractivity contribution is 0.107. The van der Waals surface area contributed by atoms with Crippen LogP contribution in [0.1, 0.15) is 16.2 Å². The molecule has 1 heterocycles. The quantitative estimate of drug-likeness (QED) is 0.573. The third-order valence-corrected chi connectivity index (χ3v) is 1.15. The number of aromatic nitrogens is 2. The van der Waals surface area contributed by atoms with Crippen LogP contribution < -0.4 is 0 Å². The summed E-state index contributed by atoms with van der Waals surface area (Å²) in [7, 11) is 0. The smallest absolute Gasteiger partial charge is 0.272 e. The molecule has 0 aliphatic rings. The summed E-state index contributed by atoms with van der Waals surface area (Å²) in [6.45, 7) is 1.75. The highest BCUT2D eigenvalue weighted by molar-refractivity contribution is 6.67. The second-order valence-electron chi connectivity index (χ2n) is 1.82. The number of halogens is 1. The molecule has 0 bridgehead atoms. The molecule has 0 aliphatic carbocycles. The van der Waals surface area contributed by atoms with Crippen molar-refractivity contribution < 1.29 is 4.79 Å². The van der Waals surface area contributed by atoms with E-state index in [2.05, 4.69) is 9.97 Å². The average molecular weight is 157 g/mol. The van der Waals surface area contributed by atoms with Crippen LogP contribution in [0.25, 0.3) is 0 Å². The number of aryl methyl sites for hydroxylation is 1. The van der Waals surface area contributed by atoms with E-state index in [0.717, 1.165) is 0 Å². The van der Waals surface area contributed by atoms with Gasteiger partial charge in [-0.25, -0.2) is 4.98 Å². The van der Waals surface area contributed by atoms with Crippen LogP contribution in [0.15, 0.2) is 12.4 Å². The van der Waals surface area contributed by atoms with Crippen LogP contribution in [0.5, 0.6) is 0 Å². The molecule has 0 spiro atoms. The van der Waals surface area contributed by atoms with E-state index in [1.165, 1.54) is 6.20 Å². The van der Waals surface area contributed by atoms with E-state index in [1.54, 1.807) is 13.1 Å². The summed E-state index contributed by atoms with van der Waals surface area (Å²) >= 11 is 5.13. The van der Waals surface area contributed by atoms with Gasteiger partial charge in [0.25, 0.3) is 5.24 Å². The van der Waals surface area contributed by atoms with E-state index < -0.39 is 5.24 Å². The van der Waals surface area contributed by atoms with Gasteiger partial charge in [0.15, 0.2) is 0 Å². The molecule has 0 fully saturated rings. The molecule has 52 valence electrons. The highest BCUT2D eigenvalue weighted by atomic mass is 35.5. The van der Waals surface area contributed by atoms with Gasteiger partial charge in [-0.2, -0.15) is 0 Å². The fourth-order valence-corrected chi connectivity index (χ4v) is 0.649. The summed E-state index contributed by atoms with van der Waals surface area (Å²) in [5.41, 5.74) is 0.883. The molecular weight excluding hydrogens is 152 g/mol. The number of carbonyl (C=O) groups is 1. The fourth-order valence-electron chi connectivity index (χ4n) is 0.558. The van der Waals surface area contributed by atoms with Crippen LogP contribution in [-0.2, 0) is 0 Å². The Hall–Kier alpha value is -0.960. The molecule has 1 aromatic heterocycles. The molecule has 10 heavy (non-hydrogen) atoms. The van der Waals surface area contributed by atoms with E-state index >= 15 is 0 Å². The minimum absolute atomic E-state index is 0.196. The molecule has 0 N–H and O–H groups in total. The van der Waals surface area contributed by atoms with Crippen LogP contribution in [0.4, 0.5) is 0 Å². The predicted molar refractivity (Wildman–Crippen MR) is 37.0 cm³/mol. The predicted octanol–water partition coefficient (Wildman–Crippen LogP) is 1.16. The Morgan fingerprint density at radius 3 is 2.70 bits per heavy atom. The van der Waals surface area contributed by atoms with Crippen molar-refractivity contribution in [2.24, 2.45) is 0 Å². The molecular formula is C6H5ClN2O. The van der Waals surface area contributed by atoms with E-state index in [0.29, 0.717) is 5.69 Å². The highest BCUT2D eigenvalue weighted by Gasteiger charge is 2.01. The van der Waals surface area contributed by atoms with Gasteiger partial charge in [0, 0.05) is 6.20 Å². The molecule has 0 radical (unpaired) electrons. The Morgan fingerprint density at radius 2 is 2.30 bits per heavy atom. The van der Waals surface area contributed by atoms with Crippen LogP contribution in [0.2, 0.25) is 0 Å². The lowest BCUT2D eigenvalue weighted by Crippen LogP contribution is -1.96. The van der Waals surface area contributed by atoms with Crippen molar-refractivity contribution in [3.8, 4) is 0 Å². The molecule has 1 aromatic rings. The maximum Gasteiger partial charge on any atom is 0.272 e. The molecule has 3 nitrogen and oxygen atoms in total. The molecule has 0 amide bonds. The third kappa shape index (κ3) is 1.51. The first-order valence-electron chi connectivity index (χ1n) is 2.68. The summed E-state index contributed by atoms with van der Waals surface area (Å²) in [5, 5.41) is -0.573. The molecule has 0 atom stereocenters. The standard InChI is InChI=1S/C6H5ClN2O/c1-4-2-8-3-5(9-4)6(7)10/h2-3H,1H3. The van der Waals surface area contributed by atoms with Gasteiger partial charge in [-0.05, 0) is 18.5 Å². The van der Waals surface area contributed by atoms with Crippen LogP contribution in [0, 0.1) is 6.92 Å². The number of nitrogens with zero attached hydrogens (tertiary/aromatic N) is 2. The van der Waals surface area contributed by atoms with Gasteiger partial charge in [-0.15, -0.1) is 0 Å². The van der Waals surface area contributed by atoms with E-state index in [4.69, 9.17) is 11.6 Å². The zero-order valence-corrected chi connectivity index (χ0v) is 6.09. The number of carbonyl (C=O) groups excluding carboxylic acids is 1. The normalized spacial score (nSPS) is 9.40. The summed E-state index contributed by atoms with van der Waals surface area (Å²) < 4.78 is 0. The lowest BCUT2D eigenvalue weighted by atomic mass is 10.4. The molecule has 4 heteroatoms. The molecule has 0 saturated heterocycles. The SMILES string of the molecule is Cc1cncc(C(=O)Cl)n1. The maximum absolute atomic E-state index is 10.5.